The summed E-state index contributed by atoms with van der Waals surface area (Å²) >= 11 is 0. The summed E-state index contributed by atoms with van der Waals surface area (Å²) < 4.78 is 11.8. The van der Waals surface area contributed by atoms with E-state index in [4.69, 9.17) is 11.0 Å². The lowest BCUT2D eigenvalue weighted by Gasteiger charge is -2.05. The maximum Gasteiger partial charge on any atom is 0.0622 e. The Hall–Kier alpha value is -1.34. The van der Waals surface area contributed by atoms with Crippen LogP contribution in [0.15, 0.2) is 23.1 Å². The van der Waals surface area contributed by atoms with E-state index in [1.807, 2.05) is 19.1 Å². The van der Waals surface area contributed by atoms with Crippen LogP contribution in [0.5, 0.6) is 0 Å². The molecule has 0 saturated carbocycles. The summed E-state index contributed by atoms with van der Waals surface area (Å²) in [5.74, 6) is 0.526. The molecule has 1 atom stereocenters. The molecule has 2 N–H and O–H groups in total. The van der Waals surface area contributed by atoms with Crippen molar-refractivity contribution < 1.29 is 4.21 Å². The Labute approximate surface area is 92.4 Å². The summed E-state index contributed by atoms with van der Waals surface area (Å²) in [7, 11) is -1.04. The second-order valence-electron chi connectivity index (χ2n) is 3.34. The Morgan fingerprint density at radius 3 is 2.93 bits per heavy atom. The molecule has 1 unspecified atom stereocenters. The summed E-state index contributed by atoms with van der Waals surface area (Å²) in [5.41, 5.74) is 7.25. The highest BCUT2D eigenvalue weighted by atomic mass is 32.2. The fourth-order valence-corrected chi connectivity index (χ4v) is 2.58. The molecule has 0 amide bonds. The second kappa shape index (κ2) is 5.52. The van der Waals surface area contributed by atoms with Gasteiger partial charge in [-0.25, -0.2) is 0 Å². The van der Waals surface area contributed by atoms with Gasteiger partial charge in [0, 0.05) is 22.8 Å². The Kier molecular flexibility index (Phi) is 4.32. The highest BCUT2D eigenvalue weighted by Gasteiger charge is 2.07. The van der Waals surface area contributed by atoms with Gasteiger partial charge in [-0.05, 0) is 31.0 Å². The normalized spacial score (nSPS) is 12.0. The highest BCUT2D eigenvalue weighted by molar-refractivity contribution is 7.85. The minimum Gasteiger partial charge on any atom is -0.399 e. The molecule has 0 aliphatic carbocycles. The Bertz CT molecular complexity index is 410. The number of aryl methyl sites for hydroxylation is 1. The monoisotopic (exact) mass is 222 g/mol. The van der Waals surface area contributed by atoms with Crippen molar-refractivity contribution in [2.45, 2.75) is 24.7 Å². The molecule has 1 aromatic rings. The van der Waals surface area contributed by atoms with Crippen molar-refractivity contribution in [2.24, 2.45) is 0 Å². The predicted octanol–water partition coefficient (Wildman–Crippen LogP) is 1.99. The van der Waals surface area contributed by atoms with E-state index >= 15 is 0 Å². The second-order valence-corrected chi connectivity index (χ2v) is 4.88. The highest BCUT2D eigenvalue weighted by Crippen LogP contribution is 2.17. The van der Waals surface area contributed by atoms with Gasteiger partial charge in [0.25, 0.3) is 0 Å². The molecule has 0 radical (unpaired) electrons. The van der Waals surface area contributed by atoms with Gasteiger partial charge >= 0.3 is 0 Å². The Balaban J connectivity index is 2.73. The number of hydrogen-bond acceptors (Lipinski definition) is 3. The van der Waals surface area contributed by atoms with E-state index in [9.17, 15) is 4.21 Å². The summed E-state index contributed by atoms with van der Waals surface area (Å²) in [6.07, 6.45) is 1.12. The molecule has 0 aromatic heterocycles. The van der Waals surface area contributed by atoms with Crippen molar-refractivity contribution in [3.05, 3.63) is 23.8 Å². The number of unbranched alkanes of at least 4 members (excludes halogenated alkanes) is 1. The van der Waals surface area contributed by atoms with Crippen molar-refractivity contribution in [2.75, 3.05) is 11.5 Å². The Morgan fingerprint density at radius 1 is 1.53 bits per heavy atom. The lowest BCUT2D eigenvalue weighted by Crippen LogP contribution is -2.01. The van der Waals surface area contributed by atoms with E-state index in [2.05, 4.69) is 0 Å². The van der Waals surface area contributed by atoms with Crippen LogP contribution in [-0.2, 0) is 10.8 Å². The quantitative estimate of drug-likeness (QED) is 0.625. The first-order chi connectivity index (χ1) is 7.15. The van der Waals surface area contributed by atoms with Crippen molar-refractivity contribution in [1.82, 2.24) is 0 Å². The van der Waals surface area contributed by atoms with E-state index in [1.54, 1.807) is 12.1 Å². The fourth-order valence-electron chi connectivity index (χ4n) is 1.25. The predicted molar refractivity (Wildman–Crippen MR) is 61.7 cm³/mol. The molecule has 1 aromatic carbocycles. The molecule has 3 nitrogen and oxygen atoms in total. The molecule has 4 heteroatoms. The zero-order valence-corrected chi connectivity index (χ0v) is 9.51. The summed E-state index contributed by atoms with van der Waals surface area (Å²) in [6, 6.07) is 7.45. The maximum atomic E-state index is 11.8. The van der Waals surface area contributed by atoms with Crippen LogP contribution in [0, 0.1) is 18.3 Å². The lowest BCUT2D eigenvalue weighted by atomic mass is 10.2. The van der Waals surface area contributed by atoms with Crippen LogP contribution in [0.25, 0.3) is 0 Å². The molecule has 0 fully saturated rings. The van der Waals surface area contributed by atoms with Gasteiger partial charge in [0.2, 0.25) is 0 Å². The molecule has 0 aliphatic heterocycles. The molecule has 1 rings (SSSR count). The minimum atomic E-state index is -1.04. The minimum absolute atomic E-state index is 0.451. The van der Waals surface area contributed by atoms with Gasteiger partial charge in [-0.15, -0.1) is 0 Å². The number of benzene rings is 1. The third-order valence-electron chi connectivity index (χ3n) is 2.08. The number of anilines is 1. The van der Waals surface area contributed by atoms with Crippen LogP contribution in [0.1, 0.15) is 18.4 Å². The lowest BCUT2D eigenvalue weighted by molar-refractivity contribution is 0.680. The van der Waals surface area contributed by atoms with Crippen molar-refractivity contribution in [3.63, 3.8) is 0 Å². The molecule has 15 heavy (non-hydrogen) atoms. The first-order valence-corrected chi connectivity index (χ1v) is 6.08. The van der Waals surface area contributed by atoms with Crippen molar-refractivity contribution in [3.8, 4) is 6.07 Å². The topological polar surface area (TPSA) is 66.9 Å². The van der Waals surface area contributed by atoms with Crippen LogP contribution in [0.2, 0.25) is 0 Å². The third-order valence-corrected chi connectivity index (χ3v) is 3.67. The van der Waals surface area contributed by atoms with Crippen LogP contribution >= 0.6 is 0 Å². The van der Waals surface area contributed by atoms with Crippen molar-refractivity contribution in [1.29, 1.82) is 5.26 Å². The standard InChI is InChI=1S/C11H14N2OS/c1-9-4-5-10(13)8-11(9)15(14)7-3-2-6-12/h4-5,8H,2-3,7,13H2,1H3. The molecule has 0 aliphatic rings. The molecule has 0 heterocycles. The molecular formula is C11H14N2OS. The number of hydrogen-bond donors (Lipinski definition) is 1. The Morgan fingerprint density at radius 2 is 2.27 bits per heavy atom. The molecule has 80 valence electrons. The third kappa shape index (κ3) is 3.37. The van der Waals surface area contributed by atoms with E-state index < -0.39 is 10.8 Å². The van der Waals surface area contributed by atoms with Crippen LogP contribution in [0.4, 0.5) is 5.69 Å². The molecule has 0 bridgehead atoms. The largest absolute Gasteiger partial charge is 0.399 e. The first kappa shape index (κ1) is 11.7. The van der Waals surface area contributed by atoms with Gasteiger partial charge in [-0.1, -0.05) is 6.07 Å². The van der Waals surface area contributed by atoms with Gasteiger partial charge < -0.3 is 5.73 Å². The van der Waals surface area contributed by atoms with Gasteiger partial charge in [0.1, 0.15) is 0 Å². The fraction of sp³-hybridized carbons (Fsp3) is 0.364. The van der Waals surface area contributed by atoms with Gasteiger partial charge in [0.05, 0.1) is 16.9 Å². The van der Waals surface area contributed by atoms with E-state index in [1.165, 1.54) is 0 Å². The average molecular weight is 222 g/mol. The number of nitriles is 1. The summed E-state index contributed by atoms with van der Waals surface area (Å²) in [4.78, 5) is 0.785. The molecule has 0 spiro atoms. The van der Waals surface area contributed by atoms with Gasteiger partial charge in [-0.2, -0.15) is 5.26 Å². The van der Waals surface area contributed by atoms with Crippen LogP contribution < -0.4 is 5.73 Å². The van der Waals surface area contributed by atoms with Gasteiger partial charge in [-0.3, -0.25) is 4.21 Å². The molecular weight excluding hydrogens is 208 g/mol. The zero-order valence-electron chi connectivity index (χ0n) is 8.69. The SMILES string of the molecule is Cc1ccc(N)cc1S(=O)CCCC#N. The van der Waals surface area contributed by atoms with E-state index in [0.717, 1.165) is 10.5 Å². The number of nitrogen functional groups attached to an aromatic ring is 1. The number of nitrogens with zero attached hydrogens (tertiary/aromatic N) is 1. The van der Waals surface area contributed by atoms with Crippen LogP contribution in [0.3, 0.4) is 0 Å². The van der Waals surface area contributed by atoms with E-state index in [-0.39, 0.29) is 0 Å². The average Bonchev–Trinajstić information content (AvgIpc) is 2.22. The summed E-state index contributed by atoms with van der Waals surface area (Å²) in [6.45, 7) is 1.91. The maximum absolute atomic E-state index is 11.8. The van der Waals surface area contributed by atoms with E-state index in [0.29, 0.717) is 24.3 Å². The first-order valence-electron chi connectivity index (χ1n) is 4.76. The molecule has 0 saturated heterocycles. The number of nitrogens with two attached hydrogens (primary N) is 1. The van der Waals surface area contributed by atoms with Crippen LogP contribution in [-0.4, -0.2) is 9.96 Å². The smallest absolute Gasteiger partial charge is 0.0622 e. The number of rotatable bonds is 4. The van der Waals surface area contributed by atoms with Crippen molar-refractivity contribution >= 4 is 16.5 Å². The summed E-state index contributed by atoms with van der Waals surface area (Å²) in [5, 5.41) is 8.38. The zero-order chi connectivity index (χ0) is 11.3. The van der Waals surface area contributed by atoms with Gasteiger partial charge in [0.15, 0.2) is 0 Å².